The third-order valence-electron chi connectivity index (χ3n) is 8.28. The van der Waals surface area contributed by atoms with Crippen LogP contribution in [0.5, 0.6) is 5.75 Å². The molecule has 0 N–H and O–H groups in total. The summed E-state index contributed by atoms with van der Waals surface area (Å²) >= 11 is 0. The van der Waals surface area contributed by atoms with Gasteiger partial charge in [-0.3, -0.25) is 14.2 Å². The van der Waals surface area contributed by atoms with Crippen molar-refractivity contribution in [3.05, 3.63) is 136 Å². The molecule has 0 fully saturated rings. The first-order valence-corrected chi connectivity index (χ1v) is 16.2. The van der Waals surface area contributed by atoms with Gasteiger partial charge >= 0.3 is 0 Å². The zero-order chi connectivity index (χ0) is 31.6. The Morgan fingerprint density at radius 3 is 2.18 bits per heavy atom. The zero-order valence-electron chi connectivity index (χ0n) is 26.6. The molecular formula is C39H43N3O3. The molecule has 1 atom stereocenters. The van der Waals surface area contributed by atoms with Crippen LogP contribution >= 0.6 is 0 Å². The molecule has 1 amide bonds. The monoisotopic (exact) mass is 601 g/mol. The molecule has 0 aliphatic rings. The largest absolute Gasteiger partial charge is 0.494 e. The first-order chi connectivity index (χ1) is 22.0. The maximum Gasteiger partial charge on any atom is 0.266 e. The van der Waals surface area contributed by atoms with Gasteiger partial charge in [0.15, 0.2) is 0 Å². The van der Waals surface area contributed by atoms with E-state index in [4.69, 9.17) is 9.72 Å². The van der Waals surface area contributed by atoms with Crippen molar-refractivity contribution >= 4 is 16.8 Å². The number of hydrogen-bond acceptors (Lipinski definition) is 4. The molecular weight excluding hydrogens is 558 g/mol. The third-order valence-corrected chi connectivity index (χ3v) is 8.28. The second-order valence-corrected chi connectivity index (χ2v) is 11.4. The van der Waals surface area contributed by atoms with Crippen LogP contribution in [0.15, 0.2) is 108 Å². The average Bonchev–Trinajstić information content (AvgIpc) is 3.08. The number of nitrogens with zero attached hydrogens (tertiary/aromatic N) is 3. The molecule has 0 spiro atoms. The van der Waals surface area contributed by atoms with Crippen molar-refractivity contribution < 1.29 is 9.53 Å². The van der Waals surface area contributed by atoms with Crippen LogP contribution in [0.25, 0.3) is 16.6 Å². The highest BCUT2D eigenvalue weighted by Gasteiger charge is 2.30. The van der Waals surface area contributed by atoms with E-state index in [1.807, 2.05) is 91.5 Å². The number of carbonyl (C=O) groups is 1. The summed E-state index contributed by atoms with van der Waals surface area (Å²) in [5.41, 5.74) is 4.16. The van der Waals surface area contributed by atoms with E-state index in [1.54, 1.807) is 10.6 Å². The number of aryl methyl sites for hydroxylation is 1. The van der Waals surface area contributed by atoms with Gasteiger partial charge in [0, 0.05) is 12.1 Å². The maximum absolute atomic E-state index is 14.4. The summed E-state index contributed by atoms with van der Waals surface area (Å²) in [5.74, 6) is 1.20. The van der Waals surface area contributed by atoms with Crippen molar-refractivity contribution in [1.29, 1.82) is 0 Å². The molecule has 4 aromatic carbocycles. The van der Waals surface area contributed by atoms with Crippen LogP contribution in [0.4, 0.5) is 0 Å². The lowest BCUT2D eigenvalue weighted by Crippen LogP contribution is -2.39. The topological polar surface area (TPSA) is 64.4 Å². The van der Waals surface area contributed by atoms with Gasteiger partial charge in [-0.15, -0.1) is 0 Å². The molecule has 6 nitrogen and oxygen atoms in total. The minimum atomic E-state index is -0.450. The Bertz CT molecular complexity index is 1750. The van der Waals surface area contributed by atoms with Gasteiger partial charge in [0.25, 0.3) is 11.5 Å². The molecule has 1 heterocycles. The number of amides is 1. The van der Waals surface area contributed by atoms with Crippen LogP contribution < -0.4 is 10.3 Å². The van der Waals surface area contributed by atoms with Crippen molar-refractivity contribution in [3.8, 4) is 11.4 Å². The molecule has 0 bridgehead atoms. The number of rotatable bonds is 14. The highest BCUT2D eigenvalue weighted by molar-refractivity contribution is 5.94. The summed E-state index contributed by atoms with van der Waals surface area (Å²) in [6.07, 6.45) is 5.78. The van der Waals surface area contributed by atoms with Crippen LogP contribution in [-0.2, 0) is 12.8 Å². The summed E-state index contributed by atoms with van der Waals surface area (Å²) in [6.45, 7) is 7.23. The fourth-order valence-corrected chi connectivity index (χ4v) is 5.88. The van der Waals surface area contributed by atoms with Crippen LogP contribution in [0.1, 0.15) is 79.8 Å². The first-order valence-electron chi connectivity index (χ1n) is 16.2. The highest BCUT2D eigenvalue weighted by atomic mass is 16.5. The number of ether oxygens (including phenoxy) is 1. The molecule has 1 unspecified atom stereocenters. The number of fused-ring (bicyclic) bond motifs is 1. The standard InChI is InChI=1S/C39H43N3O3/c1-4-7-9-14-30-19-21-31(22-20-30)38(43)41(28-27-29-15-10-8-11-16-29)36(5-2)37-40-35-18-13-12-17-34(35)39(44)42(37)32-23-25-33(26-24-32)45-6-3/h8,10-13,15-26,36H,4-7,9,14,27-28H2,1-3H3. The van der Waals surface area contributed by atoms with Crippen LogP contribution in [-0.4, -0.2) is 33.5 Å². The summed E-state index contributed by atoms with van der Waals surface area (Å²) in [6, 6.07) is 32.7. The lowest BCUT2D eigenvalue weighted by Gasteiger charge is -2.32. The molecule has 1 aromatic heterocycles. The van der Waals surface area contributed by atoms with E-state index in [-0.39, 0.29) is 11.5 Å². The molecule has 0 saturated carbocycles. The molecule has 232 valence electrons. The quantitative estimate of drug-likeness (QED) is 0.120. The Labute approximate surface area is 266 Å². The first kappa shape index (κ1) is 31.7. The minimum Gasteiger partial charge on any atom is -0.494 e. The lowest BCUT2D eigenvalue weighted by atomic mass is 10.0. The molecule has 0 saturated heterocycles. The van der Waals surface area contributed by atoms with Crippen molar-refractivity contribution in [2.24, 2.45) is 0 Å². The SMILES string of the molecule is CCCCCc1ccc(C(=O)N(CCc2ccccc2)C(CC)c2nc3ccccc3c(=O)n2-c2ccc(OCC)cc2)cc1. The predicted molar refractivity (Wildman–Crippen MR) is 182 cm³/mol. The Morgan fingerprint density at radius 2 is 1.49 bits per heavy atom. The number of para-hydroxylation sites is 1. The highest BCUT2D eigenvalue weighted by Crippen LogP contribution is 2.29. The van der Waals surface area contributed by atoms with Crippen molar-refractivity contribution in [1.82, 2.24) is 14.5 Å². The summed E-state index contributed by atoms with van der Waals surface area (Å²) in [7, 11) is 0. The molecule has 5 aromatic rings. The van der Waals surface area contributed by atoms with Crippen LogP contribution in [0.3, 0.4) is 0 Å². The van der Waals surface area contributed by atoms with E-state index < -0.39 is 6.04 Å². The van der Waals surface area contributed by atoms with Crippen molar-refractivity contribution in [2.75, 3.05) is 13.2 Å². The van der Waals surface area contributed by atoms with E-state index in [0.717, 1.165) is 24.2 Å². The van der Waals surface area contributed by atoms with Gasteiger partial charge in [0.05, 0.1) is 29.2 Å². The van der Waals surface area contributed by atoms with Gasteiger partial charge in [0.1, 0.15) is 11.6 Å². The Hall–Kier alpha value is -4.71. The van der Waals surface area contributed by atoms with Gasteiger partial charge in [0.2, 0.25) is 0 Å². The second kappa shape index (κ2) is 15.3. The third kappa shape index (κ3) is 7.51. The molecule has 6 heteroatoms. The van der Waals surface area contributed by atoms with E-state index in [0.29, 0.717) is 54.0 Å². The van der Waals surface area contributed by atoms with Crippen LogP contribution in [0.2, 0.25) is 0 Å². The zero-order valence-corrected chi connectivity index (χ0v) is 26.6. The van der Waals surface area contributed by atoms with E-state index in [2.05, 4.69) is 31.2 Å². The average molecular weight is 602 g/mol. The number of carbonyl (C=O) groups excluding carboxylic acids is 1. The van der Waals surface area contributed by atoms with Gasteiger partial charge in [-0.2, -0.15) is 0 Å². The predicted octanol–water partition coefficient (Wildman–Crippen LogP) is 8.35. The Morgan fingerprint density at radius 1 is 0.800 bits per heavy atom. The molecule has 0 radical (unpaired) electrons. The number of benzene rings is 4. The summed E-state index contributed by atoms with van der Waals surface area (Å²) in [5, 5.41) is 0.533. The fourth-order valence-electron chi connectivity index (χ4n) is 5.88. The maximum atomic E-state index is 14.4. The number of unbranched alkanes of at least 4 members (excludes halogenated alkanes) is 2. The van der Waals surface area contributed by atoms with Gasteiger partial charge in [-0.25, -0.2) is 4.98 Å². The van der Waals surface area contributed by atoms with Gasteiger partial charge < -0.3 is 9.64 Å². The van der Waals surface area contributed by atoms with Crippen LogP contribution in [0, 0.1) is 0 Å². The van der Waals surface area contributed by atoms with E-state index in [1.165, 1.54) is 18.4 Å². The van der Waals surface area contributed by atoms with E-state index in [9.17, 15) is 9.59 Å². The summed E-state index contributed by atoms with van der Waals surface area (Å²) < 4.78 is 7.34. The molecule has 5 rings (SSSR count). The van der Waals surface area contributed by atoms with Crippen molar-refractivity contribution in [3.63, 3.8) is 0 Å². The van der Waals surface area contributed by atoms with Gasteiger partial charge in [-0.1, -0.05) is 81.3 Å². The van der Waals surface area contributed by atoms with Gasteiger partial charge in [-0.05, 0) is 92.3 Å². The molecule has 0 aliphatic carbocycles. The Kier molecular flexibility index (Phi) is 10.8. The number of aromatic nitrogens is 2. The molecule has 45 heavy (non-hydrogen) atoms. The minimum absolute atomic E-state index is 0.0708. The second-order valence-electron chi connectivity index (χ2n) is 11.4. The smallest absolute Gasteiger partial charge is 0.266 e. The normalized spacial score (nSPS) is 11.8. The molecule has 0 aliphatic heterocycles. The van der Waals surface area contributed by atoms with Crippen molar-refractivity contribution in [2.45, 2.75) is 65.3 Å². The lowest BCUT2D eigenvalue weighted by molar-refractivity contribution is 0.0662. The fraction of sp³-hybridized carbons (Fsp3) is 0.308. The van der Waals surface area contributed by atoms with E-state index >= 15 is 0 Å². The Balaban J connectivity index is 1.60. The number of hydrogen-bond donors (Lipinski definition) is 0. The summed E-state index contributed by atoms with van der Waals surface area (Å²) in [4.78, 5) is 35.6.